The number of carbonyl (C=O) groups is 1. The monoisotopic (exact) mass is 292 g/mol. The van der Waals surface area contributed by atoms with E-state index in [2.05, 4.69) is 12.2 Å². The first-order valence-electron chi connectivity index (χ1n) is 7.45. The molecular formula is C16H24N2O3. The minimum Gasteiger partial charge on any atom is -0.493 e. The molecule has 1 unspecified atom stereocenters. The summed E-state index contributed by atoms with van der Waals surface area (Å²) in [6, 6.07) is 5.69. The van der Waals surface area contributed by atoms with Crippen LogP contribution in [0.5, 0.6) is 11.5 Å². The zero-order chi connectivity index (χ0) is 15.2. The third-order valence-corrected chi connectivity index (χ3v) is 3.83. The highest BCUT2D eigenvalue weighted by atomic mass is 16.5. The molecule has 1 aliphatic heterocycles. The number of methoxy groups -OCH3 is 2. The third kappa shape index (κ3) is 3.29. The van der Waals surface area contributed by atoms with Crippen LogP contribution in [-0.2, 0) is 0 Å². The Kier molecular flexibility index (Phi) is 5.44. The van der Waals surface area contributed by atoms with E-state index in [1.807, 2.05) is 11.0 Å². The molecule has 1 aliphatic rings. The molecule has 0 saturated carbocycles. The van der Waals surface area contributed by atoms with Gasteiger partial charge in [-0.15, -0.1) is 0 Å². The van der Waals surface area contributed by atoms with Crippen LogP contribution in [0.1, 0.15) is 30.1 Å². The summed E-state index contributed by atoms with van der Waals surface area (Å²) in [6.45, 7) is 4.67. The molecule has 0 bridgehead atoms. The maximum Gasteiger partial charge on any atom is 0.258 e. The van der Waals surface area contributed by atoms with E-state index >= 15 is 0 Å². The van der Waals surface area contributed by atoms with Gasteiger partial charge in [-0.2, -0.15) is 0 Å². The van der Waals surface area contributed by atoms with Gasteiger partial charge in [-0.3, -0.25) is 4.79 Å². The van der Waals surface area contributed by atoms with E-state index in [1.54, 1.807) is 26.4 Å². The minimum absolute atomic E-state index is 0.0151. The van der Waals surface area contributed by atoms with Crippen LogP contribution in [0.2, 0.25) is 0 Å². The molecule has 2 rings (SSSR count). The number of amides is 1. The molecule has 1 amide bonds. The lowest BCUT2D eigenvalue weighted by molar-refractivity contribution is 0.0688. The molecule has 1 fully saturated rings. The molecular weight excluding hydrogens is 268 g/mol. The van der Waals surface area contributed by atoms with Crippen LogP contribution < -0.4 is 14.8 Å². The van der Waals surface area contributed by atoms with Gasteiger partial charge in [-0.05, 0) is 31.5 Å². The van der Waals surface area contributed by atoms with Crippen molar-refractivity contribution in [2.75, 3.05) is 33.9 Å². The number of para-hydroxylation sites is 1. The molecule has 5 heteroatoms. The van der Waals surface area contributed by atoms with Crippen molar-refractivity contribution in [2.45, 2.75) is 25.8 Å². The van der Waals surface area contributed by atoms with Crippen LogP contribution in [0.15, 0.2) is 18.2 Å². The molecule has 0 spiro atoms. The van der Waals surface area contributed by atoms with Crippen LogP contribution in [0.3, 0.4) is 0 Å². The Morgan fingerprint density at radius 1 is 1.38 bits per heavy atom. The summed E-state index contributed by atoms with van der Waals surface area (Å²) >= 11 is 0. The maximum atomic E-state index is 12.9. The molecule has 0 aliphatic carbocycles. The zero-order valence-electron chi connectivity index (χ0n) is 13.0. The summed E-state index contributed by atoms with van der Waals surface area (Å²) in [7, 11) is 3.15. The van der Waals surface area contributed by atoms with Gasteiger partial charge >= 0.3 is 0 Å². The first-order chi connectivity index (χ1) is 10.2. The lowest BCUT2D eigenvalue weighted by Gasteiger charge is -2.29. The Labute approximate surface area is 126 Å². The number of hydrogen-bond donors (Lipinski definition) is 1. The number of benzene rings is 1. The van der Waals surface area contributed by atoms with Crippen LogP contribution in [0.4, 0.5) is 0 Å². The largest absolute Gasteiger partial charge is 0.493 e. The molecule has 0 radical (unpaired) electrons. The van der Waals surface area contributed by atoms with Crippen molar-refractivity contribution in [3.8, 4) is 11.5 Å². The highest BCUT2D eigenvalue weighted by Crippen LogP contribution is 2.32. The van der Waals surface area contributed by atoms with E-state index < -0.39 is 0 Å². The molecule has 116 valence electrons. The molecule has 5 nitrogen and oxygen atoms in total. The molecule has 1 aromatic rings. The second-order valence-electron chi connectivity index (χ2n) is 5.19. The minimum atomic E-state index is 0.0151. The number of nitrogens with one attached hydrogen (secondary N) is 1. The Morgan fingerprint density at radius 2 is 2.19 bits per heavy atom. The molecule has 0 aromatic heterocycles. The Balaban J connectivity index is 2.31. The van der Waals surface area contributed by atoms with Gasteiger partial charge in [0.2, 0.25) is 0 Å². The van der Waals surface area contributed by atoms with E-state index in [1.165, 1.54) is 0 Å². The number of carbonyl (C=O) groups excluding carboxylic acids is 1. The Hall–Kier alpha value is -1.75. The van der Waals surface area contributed by atoms with Gasteiger partial charge in [0, 0.05) is 19.1 Å². The Bertz CT molecular complexity index is 484. The van der Waals surface area contributed by atoms with Crippen molar-refractivity contribution < 1.29 is 14.3 Å². The van der Waals surface area contributed by atoms with E-state index in [0.29, 0.717) is 17.1 Å². The molecule has 1 atom stereocenters. The normalized spacial score (nSPS) is 17.6. The predicted molar refractivity (Wildman–Crippen MR) is 82.1 cm³/mol. The van der Waals surface area contributed by atoms with E-state index in [4.69, 9.17) is 9.47 Å². The van der Waals surface area contributed by atoms with Gasteiger partial charge in [-0.25, -0.2) is 0 Å². The maximum absolute atomic E-state index is 12.9. The quantitative estimate of drug-likeness (QED) is 0.870. The highest BCUT2D eigenvalue weighted by Gasteiger charge is 2.29. The standard InChI is InChI=1S/C16H24N2O3/c1-4-10-18(12-8-9-17-11-12)16(19)13-6-5-7-14(20-2)15(13)21-3/h5-7,12,17H,4,8-11H2,1-3H3. The zero-order valence-corrected chi connectivity index (χ0v) is 13.0. The first-order valence-corrected chi connectivity index (χ1v) is 7.45. The summed E-state index contributed by atoms with van der Waals surface area (Å²) in [5, 5.41) is 3.32. The fourth-order valence-corrected chi connectivity index (χ4v) is 2.81. The van der Waals surface area contributed by atoms with Gasteiger partial charge in [0.15, 0.2) is 11.5 Å². The van der Waals surface area contributed by atoms with Crippen LogP contribution >= 0.6 is 0 Å². The van der Waals surface area contributed by atoms with Gasteiger partial charge in [0.1, 0.15) is 0 Å². The van der Waals surface area contributed by atoms with Crippen molar-refractivity contribution in [1.82, 2.24) is 10.2 Å². The van der Waals surface area contributed by atoms with Crippen molar-refractivity contribution in [1.29, 1.82) is 0 Å². The van der Waals surface area contributed by atoms with Gasteiger partial charge in [-0.1, -0.05) is 13.0 Å². The smallest absolute Gasteiger partial charge is 0.258 e. The highest BCUT2D eigenvalue weighted by molar-refractivity contribution is 5.98. The van der Waals surface area contributed by atoms with Crippen LogP contribution in [0.25, 0.3) is 0 Å². The number of hydrogen-bond acceptors (Lipinski definition) is 4. The number of nitrogens with zero attached hydrogens (tertiary/aromatic N) is 1. The molecule has 1 aromatic carbocycles. The van der Waals surface area contributed by atoms with Gasteiger partial charge in [0.05, 0.1) is 19.8 Å². The Morgan fingerprint density at radius 3 is 2.76 bits per heavy atom. The summed E-state index contributed by atoms with van der Waals surface area (Å²) in [5.41, 5.74) is 0.567. The average Bonchev–Trinajstić information content (AvgIpc) is 3.05. The summed E-state index contributed by atoms with van der Waals surface area (Å²) in [4.78, 5) is 14.9. The summed E-state index contributed by atoms with van der Waals surface area (Å²) in [5.74, 6) is 1.11. The average molecular weight is 292 g/mol. The third-order valence-electron chi connectivity index (χ3n) is 3.83. The summed E-state index contributed by atoms with van der Waals surface area (Å²) in [6.07, 6.45) is 1.94. The van der Waals surface area contributed by atoms with Crippen molar-refractivity contribution in [3.63, 3.8) is 0 Å². The lowest BCUT2D eigenvalue weighted by atomic mass is 10.1. The molecule has 1 heterocycles. The van der Waals surface area contributed by atoms with Gasteiger partial charge < -0.3 is 19.7 Å². The topological polar surface area (TPSA) is 50.8 Å². The lowest BCUT2D eigenvalue weighted by Crippen LogP contribution is -2.42. The second kappa shape index (κ2) is 7.31. The fourth-order valence-electron chi connectivity index (χ4n) is 2.81. The molecule has 21 heavy (non-hydrogen) atoms. The fraction of sp³-hybridized carbons (Fsp3) is 0.562. The van der Waals surface area contributed by atoms with E-state index in [-0.39, 0.29) is 11.9 Å². The first kappa shape index (κ1) is 15.6. The number of rotatable bonds is 6. The summed E-state index contributed by atoms with van der Waals surface area (Å²) < 4.78 is 10.7. The molecule has 1 N–H and O–H groups in total. The second-order valence-corrected chi connectivity index (χ2v) is 5.19. The number of ether oxygens (including phenoxy) is 2. The van der Waals surface area contributed by atoms with Crippen LogP contribution in [-0.4, -0.2) is 50.7 Å². The predicted octanol–water partition coefficient (Wildman–Crippen LogP) is 1.92. The van der Waals surface area contributed by atoms with E-state index in [9.17, 15) is 4.79 Å². The SMILES string of the molecule is CCCN(C(=O)c1cccc(OC)c1OC)C1CCNC1. The van der Waals surface area contributed by atoms with E-state index in [0.717, 1.165) is 32.5 Å². The van der Waals surface area contributed by atoms with Crippen molar-refractivity contribution in [3.05, 3.63) is 23.8 Å². The van der Waals surface area contributed by atoms with Crippen LogP contribution in [0, 0.1) is 0 Å². The van der Waals surface area contributed by atoms with Gasteiger partial charge in [0.25, 0.3) is 5.91 Å². The van der Waals surface area contributed by atoms with Crippen molar-refractivity contribution in [2.24, 2.45) is 0 Å². The van der Waals surface area contributed by atoms with Crippen molar-refractivity contribution >= 4 is 5.91 Å². The molecule has 1 saturated heterocycles.